The molecule has 3 rings (SSSR count). The zero-order valence-corrected chi connectivity index (χ0v) is 17.7. The Bertz CT molecular complexity index is 1060. The standard InChI is InChI=1S/C23H16BrClO4/c1-28-22-14-15(2-12-20(26)16-4-8-18(24)9-5-16)3-13-21(22)29-23(27)17-6-10-19(25)11-7-17/h2-14H,1H3/b12-2+. The molecule has 4 nitrogen and oxygen atoms in total. The van der Waals surface area contributed by atoms with Crippen LogP contribution < -0.4 is 9.47 Å². The Kier molecular flexibility index (Phi) is 6.86. The maximum Gasteiger partial charge on any atom is 0.343 e. The van der Waals surface area contributed by atoms with E-state index in [9.17, 15) is 9.59 Å². The zero-order valence-electron chi connectivity index (χ0n) is 15.4. The smallest absolute Gasteiger partial charge is 0.343 e. The highest BCUT2D eigenvalue weighted by Gasteiger charge is 2.13. The van der Waals surface area contributed by atoms with Crippen LogP contribution in [0.2, 0.25) is 5.02 Å². The maximum absolute atomic E-state index is 12.3. The lowest BCUT2D eigenvalue weighted by molar-refractivity contribution is 0.0729. The van der Waals surface area contributed by atoms with Gasteiger partial charge in [-0.25, -0.2) is 4.79 Å². The number of ether oxygens (including phenoxy) is 2. The molecule has 3 aromatic rings. The van der Waals surface area contributed by atoms with Gasteiger partial charge >= 0.3 is 5.97 Å². The Morgan fingerprint density at radius 3 is 2.21 bits per heavy atom. The quantitative estimate of drug-likeness (QED) is 0.185. The third-order valence-corrected chi connectivity index (χ3v) is 4.81. The van der Waals surface area contributed by atoms with Gasteiger partial charge in [-0.15, -0.1) is 0 Å². The molecule has 0 amide bonds. The SMILES string of the molecule is COc1cc(/C=C/C(=O)c2ccc(Br)cc2)ccc1OC(=O)c1ccc(Cl)cc1. The summed E-state index contributed by atoms with van der Waals surface area (Å²) in [5.74, 6) is 0.0257. The molecule has 0 aliphatic carbocycles. The highest BCUT2D eigenvalue weighted by Crippen LogP contribution is 2.29. The maximum atomic E-state index is 12.3. The first-order chi connectivity index (χ1) is 14.0. The summed E-state index contributed by atoms with van der Waals surface area (Å²) < 4.78 is 11.7. The number of carbonyl (C=O) groups excluding carboxylic acids is 2. The second kappa shape index (κ2) is 9.54. The van der Waals surface area contributed by atoms with Gasteiger partial charge in [0.15, 0.2) is 17.3 Å². The van der Waals surface area contributed by atoms with Crippen molar-refractivity contribution in [3.05, 3.63) is 99.0 Å². The lowest BCUT2D eigenvalue weighted by atomic mass is 10.1. The summed E-state index contributed by atoms with van der Waals surface area (Å²) in [5, 5.41) is 0.535. The Morgan fingerprint density at radius 1 is 0.897 bits per heavy atom. The van der Waals surface area contributed by atoms with E-state index < -0.39 is 5.97 Å². The minimum Gasteiger partial charge on any atom is -0.493 e. The van der Waals surface area contributed by atoms with Crippen LogP contribution in [-0.2, 0) is 0 Å². The number of benzene rings is 3. The van der Waals surface area contributed by atoms with Crippen LogP contribution in [0, 0.1) is 0 Å². The van der Waals surface area contributed by atoms with Crippen LogP contribution in [0.5, 0.6) is 11.5 Å². The van der Waals surface area contributed by atoms with Crippen LogP contribution >= 0.6 is 27.5 Å². The second-order valence-corrected chi connectivity index (χ2v) is 7.36. The first kappa shape index (κ1) is 20.8. The lowest BCUT2D eigenvalue weighted by Gasteiger charge is -2.10. The number of allylic oxidation sites excluding steroid dienone is 1. The molecule has 0 atom stereocenters. The number of methoxy groups -OCH3 is 1. The predicted octanol–water partition coefficient (Wildman–Crippen LogP) is 6.23. The van der Waals surface area contributed by atoms with E-state index in [1.165, 1.54) is 13.2 Å². The van der Waals surface area contributed by atoms with Crippen LogP contribution in [-0.4, -0.2) is 18.9 Å². The van der Waals surface area contributed by atoms with Crippen LogP contribution in [0.1, 0.15) is 26.3 Å². The van der Waals surface area contributed by atoms with Gasteiger partial charge in [0.2, 0.25) is 0 Å². The molecule has 29 heavy (non-hydrogen) atoms. The van der Waals surface area contributed by atoms with Crippen molar-refractivity contribution in [1.29, 1.82) is 0 Å². The van der Waals surface area contributed by atoms with Crippen molar-refractivity contribution in [2.75, 3.05) is 7.11 Å². The molecule has 3 aromatic carbocycles. The van der Waals surface area contributed by atoms with E-state index in [4.69, 9.17) is 21.1 Å². The lowest BCUT2D eigenvalue weighted by Crippen LogP contribution is -2.09. The van der Waals surface area contributed by atoms with Gasteiger partial charge in [0, 0.05) is 15.1 Å². The molecule has 0 radical (unpaired) electrons. The zero-order chi connectivity index (χ0) is 20.8. The highest BCUT2D eigenvalue weighted by molar-refractivity contribution is 9.10. The third-order valence-electron chi connectivity index (χ3n) is 4.03. The second-order valence-electron chi connectivity index (χ2n) is 6.01. The molecule has 0 fully saturated rings. The summed E-state index contributed by atoms with van der Waals surface area (Å²) in [5.41, 5.74) is 1.70. The van der Waals surface area contributed by atoms with Crippen molar-refractivity contribution in [1.82, 2.24) is 0 Å². The molecule has 0 spiro atoms. The number of hydrogen-bond donors (Lipinski definition) is 0. The van der Waals surface area contributed by atoms with Crippen molar-refractivity contribution >= 4 is 45.4 Å². The topological polar surface area (TPSA) is 52.6 Å². The molecule has 0 aliphatic rings. The summed E-state index contributed by atoms with van der Waals surface area (Å²) in [6.45, 7) is 0. The number of ketones is 1. The average Bonchev–Trinajstić information content (AvgIpc) is 2.73. The Balaban J connectivity index is 1.74. The van der Waals surface area contributed by atoms with Gasteiger partial charge in [-0.2, -0.15) is 0 Å². The molecule has 0 aromatic heterocycles. The predicted molar refractivity (Wildman–Crippen MR) is 117 cm³/mol. The molecule has 0 unspecified atom stereocenters. The molecule has 6 heteroatoms. The fraction of sp³-hybridized carbons (Fsp3) is 0.0435. The average molecular weight is 472 g/mol. The minimum atomic E-state index is -0.520. The largest absolute Gasteiger partial charge is 0.493 e. The van der Waals surface area contributed by atoms with Gasteiger partial charge in [-0.1, -0.05) is 39.7 Å². The fourth-order valence-corrected chi connectivity index (χ4v) is 2.89. The van der Waals surface area contributed by atoms with E-state index in [0.717, 1.165) is 10.0 Å². The number of hydrogen-bond acceptors (Lipinski definition) is 4. The van der Waals surface area contributed by atoms with Gasteiger partial charge in [0.05, 0.1) is 12.7 Å². The molecular weight excluding hydrogens is 456 g/mol. The van der Waals surface area contributed by atoms with E-state index in [1.807, 2.05) is 12.1 Å². The summed E-state index contributed by atoms with van der Waals surface area (Å²) >= 11 is 9.18. The molecule has 0 saturated heterocycles. The monoisotopic (exact) mass is 470 g/mol. The van der Waals surface area contributed by atoms with E-state index in [-0.39, 0.29) is 11.5 Å². The van der Waals surface area contributed by atoms with E-state index in [2.05, 4.69) is 15.9 Å². The van der Waals surface area contributed by atoms with Crippen LogP contribution in [0.25, 0.3) is 6.08 Å². The molecule has 146 valence electrons. The summed E-state index contributed by atoms with van der Waals surface area (Å²) in [4.78, 5) is 24.6. The minimum absolute atomic E-state index is 0.116. The normalized spacial score (nSPS) is 10.7. The number of halogens is 2. The number of rotatable bonds is 6. The Morgan fingerprint density at radius 2 is 1.55 bits per heavy atom. The fourth-order valence-electron chi connectivity index (χ4n) is 2.50. The number of carbonyl (C=O) groups is 2. The molecule has 0 N–H and O–H groups in total. The van der Waals surface area contributed by atoms with Gasteiger partial charge in [-0.05, 0) is 72.3 Å². The third kappa shape index (κ3) is 5.56. The van der Waals surface area contributed by atoms with Crippen molar-refractivity contribution in [3.8, 4) is 11.5 Å². The Labute approximate surface area is 181 Å². The van der Waals surface area contributed by atoms with Crippen LogP contribution in [0.4, 0.5) is 0 Å². The highest BCUT2D eigenvalue weighted by atomic mass is 79.9. The van der Waals surface area contributed by atoms with Gasteiger partial charge in [-0.3, -0.25) is 4.79 Å². The number of esters is 1. The molecule has 0 bridgehead atoms. The van der Waals surface area contributed by atoms with Crippen molar-refractivity contribution < 1.29 is 19.1 Å². The van der Waals surface area contributed by atoms with Crippen LogP contribution in [0.3, 0.4) is 0 Å². The van der Waals surface area contributed by atoms with Crippen LogP contribution in [0.15, 0.2) is 77.3 Å². The summed E-state index contributed by atoms with van der Waals surface area (Å²) in [6.07, 6.45) is 3.16. The molecule has 0 saturated carbocycles. The summed E-state index contributed by atoms with van der Waals surface area (Å²) in [6, 6.07) is 18.6. The summed E-state index contributed by atoms with van der Waals surface area (Å²) in [7, 11) is 1.48. The molecular formula is C23H16BrClO4. The first-order valence-corrected chi connectivity index (χ1v) is 9.77. The first-order valence-electron chi connectivity index (χ1n) is 8.60. The Hall–Kier alpha value is -2.89. The van der Waals surface area contributed by atoms with Crippen molar-refractivity contribution in [2.45, 2.75) is 0 Å². The van der Waals surface area contributed by atoms with E-state index in [0.29, 0.717) is 21.9 Å². The van der Waals surface area contributed by atoms with Crippen molar-refractivity contribution in [2.24, 2.45) is 0 Å². The van der Waals surface area contributed by atoms with Gasteiger partial charge < -0.3 is 9.47 Å². The van der Waals surface area contributed by atoms with E-state index in [1.54, 1.807) is 60.7 Å². The van der Waals surface area contributed by atoms with Crippen molar-refractivity contribution in [3.63, 3.8) is 0 Å². The van der Waals surface area contributed by atoms with Gasteiger partial charge in [0.1, 0.15) is 0 Å². The van der Waals surface area contributed by atoms with Gasteiger partial charge in [0.25, 0.3) is 0 Å². The molecule has 0 heterocycles. The van der Waals surface area contributed by atoms with E-state index >= 15 is 0 Å². The molecule has 0 aliphatic heterocycles.